The molecule has 7 nitrogen and oxygen atoms in total. The van der Waals surface area contributed by atoms with Crippen LogP contribution in [0.4, 0.5) is 0 Å². The van der Waals surface area contributed by atoms with Gasteiger partial charge in [-0.1, -0.05) is 23.5 Å². The van der Waals surface area contributed by atoms with Crippen molar-refractivity contribution in [3.05, 3.63) is 40.5 Å². The van der Waals surface area contributed by atoms with Crippen molar-refractivity contribution in [3.63, 3.8) is 0 Å². The van der Waals surface area contributed by atoms with Gasteiger partial charge in [-0.05, 0) is 43.3 Å². The number of hydrogen-bond donors (Lipinski definition) is 0. The van der Waals surface area contributed by atoms with E-state index in [0.717, 1.165) is 69.5 Å². The second kappa shape index (κ2) is 7.79. The maximum absolute atomic E-state index is 5.49. The van der Waals surface area contributed by atoms with E-state index in [1.807, 2.05) is 0 Å². The molecule has 0 atom stereocenters. The number of thiazole rings is 1. The van der Waals surface area contributed by atoms with Gasteiger partial charge in [0.2, 0.25) is 10.1 Å². The van der Waals surface area contributed by atoms with Gasteiger partial charge in [0.05, 0.1) is 30.0 Å². The van der Waals surface area contributed by atoms with Crippen LogP contribution in [0.2, 0.25) is 0 Å². The van der Waals surface area contributed by atoms with Crippen molar-refractivity contribution in [2.24, 2.45) is 0 Å². The molecule has 1 aliphatic heterocycles. The van der Waals surface area contributed by atoms with E-state index >= 15 is 0 Å². The molecule has 5 heterocycles. The normalized spacial score (nSPS) is 15.5. The summed E-state index contributed by atoms with van der Waals surface area (Å²) in [4.78, 5) is 15.5. The highest BCUT2D eigenvalue weighted by molar-refractivity contribution is 7.99. The Hall–Kier alpha value is -2.11. The zero-order chi connectivity index (χ0) is 20.9. The Morgan fingerprint density at radius 3 is 2.77 bits per heavy atom. The van der Waals surface area contributed by atoms with E-state index < -0.39 is 0 Å². The Labute approximate surface area is 191 Å². The van der Waals surface area contributed by atoms with Gasteiger partial charge in [-0.15, -0.1) is 21.5 Å². The van der Waals surface area contributed by atoms with Crippen molar-refractivity contribution in [1.29, 1.82) is 0 Å². The highest BCUT2D eigenvalue weighted by atomic mass is 32.2. The van der Waals surface area contributed by atoms with Crippen molar-refractivity contribution >= 4 is 59.8 Å². The van der Waals surface area contributed by atoms with Gasteiger partial charge in [-0.3, -0.25) is 9.30 Å². The summed E-state index contributed by atoms with van der Waals surface area (Å²) in [6.45, 7) is 8.41. The molecule has 1 fully saturated rings. The number of thiophene rings is 1. The first kappa shape index (κ1) is 19.6. The third-order valence-electron chi connectivity index (χ3n) is 5.61. The van der Waals surface area contributed by atoms with Gasteiger partial charge in [-0.2, -0.15) is 0 Å². The van der Waals surface area contributed by atoms with E-state index in [-0.39, 0.29) is 0 Å². The average Bonchev–Trinajstić information content (AvgIpc) is 3.42. The Bertz CT molecular complexity index is 1420. The fourth-order valence-corrected chi connectivity index (χ4v) is 7.04. The van der Waals surface area contributed by atoms with Gasteiger partial charge in [-0.25, -0.2) is 9.97 Å². The molecule has 0 aliphatic carbocycles. The summed E-state index contributed by atoms with van der Waals surface area (Å²) >= 11 is 4.98. The van der Waals surface area contributed by atoms with Gasteiger partial charge in [0.25, 0.3) is 0 Å². The molecule has 0 amide bonds. The smallest absolute Gasteiger partial charge is 0.217 e. The number of para-hydroxylation sites is 1. The van der Waals surface area contributed by atoms with Crippen LogP contribution in [0.25, 0.3) is 25.4 Å². The summed E-state index contributed by atoms with van der Waals surface area (Å²) in [5.74, 6) is 0.856. The first-order chi connectivity index (χ1) is 15.2. The maximum atomic E-state index is 5.49. The molecule has 0 unspecified atom stereocenters. The van der Waals surface area contributed by atoms with E-state index in [2.05, 4.69) is 57.6 Å². The minimum absolute atomic E-state index is 0.736. The molecule has 0 saturated carbocycles. The first-order valence-electron chi connectivity index (χ1n) is 10.1. The minimum atomic E-state index is 0.736. The van der Waals surface area contributed by atoms with Gasteiger partial charge >= 0.3 is 0 Å². The van der Waals surface area contributed by atoms with Crippen LogP contribution in [0.1, 0.15) is 16.3 Å². The molecular weight excluding hydrogens is 448 g/mol. The molecule has 4 aromatic heterocycles. The van der Waals surface area contributed by atoms with Gasteiger partial charge in [0.15, 0.2) is 0 Å². The molecule has 0 bridgehead atoms. The van der Waals surface area contributed by atoms with Crippen molar-refractivity contribution in [2.75, 3.05) is 26.3 Å². The molecule has 5 aromatic rings. The molecule has 1 aliphatic rings. The fourth-order valence-electron chi connectivity index (χ4n) is 3.87. The number of aromatic nitrogens is 5. The quantitative estimate of drug-likeness (QED) is 0.359. The van der Waals surface area contributed by atoms with Gasteiger partial charge in [0, 0.05) is 23.4 Å². The molecular formula is C21H20N6OS3. The number of benzene rings is 1. The minimum Gasteiger partial charge on any atom is -0.379 e. The lowest BCUT2D eigenvalue weighted by molar-refractivity contribution is 0.0330. The second-order valence-electron chi connectivity index (χ2n) is 7.57. The number of ether oxygens (including phenoxy) is 1. The highest BCUT2D eigenvalue weighted by Gasteiger charge is 2.21. The lowest BCUT2D eigenvalue weighted by Gasteiger charge is -2.25. The Morgan fingerprint density at radius 2 is 1.90 bits per heavy atom. The zero-order valence-corrected chi connectivity index (χ0v) is 19.6. The SMILES string of the molecule is Cc1sc2nc(CN3CCOCC3)nc(Sc3nnc4sc5ccccc5n34)c2c1C. The number of nitrogens with zero attached hydrogens (tertiary/aromatic N) is 6. The summed E-state index contributed by atoms with van der Waals surface area (Å²) < 4.78 is 8.83. The van der Waals surface area contributed by atoms with E-state index in [4.69, 9.17) is 14.7 Å². The largest absolute Gasteiger partial charge is 0.379 e. The number of fused-ring (bicyclic) bond motifs is 4. The monoisotopic (exact) mass is 468 g/mol. The second-order valence-corrected chi connectivity index (χ2v) is 10.7. The Morgan fingerprint density at radius 1 is 1.06 bits per heavy atom. The molecule has 10 heteroatoms. The maximum Gasteiger partial charge on any atom is 0.217 e. The zero-order valence-electron chi connectivity index (χ0n) is 17.2. The van der Waals surface area contributed by atoms with Crippen LogP contribution in [0.3, 0.4) is 0 Å². The molecule has 0 N–H and O–H groups in total. The average molecular weight is 469 g/mol. The number of rotatable bonds is 4. The predicted octanol–water partition coefficient (Wildman–Crippen LogP) is 4.55. The third kappa shape index (κ3) is 3.42. The lowest BCUT2D eigenvalue weighted by Crippen LogP contribution is -2.36. The van der Waals surface area contributed by atoms with Crippen molar-refractivity contribution in [1.82, 2.24) is 29.5 Å². The highest BCUT2D eigenvalue weighted by Crippen LogP contribution is 2.39. The summed E-state index contributed by atoms with van der Waals surface area (Å²) in [6.07, 6.45) is 0. The number of aryl methyl sites for hydroxylation is 2. The Balaban J connectivity index is 1.46. The number of morpholine rings is 1. The van der Waals surface area contributed by atoms with E-state index in [9.17, 15) is 0 Å². The molecule has 1 aromatic carbocycles. The lowest BCUT2D eigenvalue weighted by atomic mass is 10.2. The van der Waals surface area contributed by atoms with Gasteiger partial charge in [0.1, 0.15) is 15.7 Å². The van der Waals surface area contributed by atoms with Crippen LogP contribution in [0, 0.1) is 13.8 Å². The van der Waals surface area contributed by atoms with Crippen LogP contribution < -0.4 is 0 Å². The molecule has 0 spiro atoms. The standard InChI is InChI=1S/C21H20N6OS3/c1-12-13(2)29-18-17(12)19(23-16(22-18)11-26-7-9-28-10-8-26)31-21-25-24-20-27(21)14-5-3-4-6-15(14)30-20/h3-6H,7-11H2,1-2H3. The summed E-state index contributed by atoms with van der Waals surface area (Å²) in [5, 5.41) is 11.8. The van der Waals surface area contributed by atoms with E-state index in [1.54, 1.807) is 34.4 Å². The molecule has 0 radical (unpaired) electrons. The van der Waals surface area contributed by atoms with Crippen LogP contribution in [0.15, 0.2) is 34.4 Å². The summed E-state index contributed by atoms with van der Waals surface area (Å²) in [7, 11) is 0. The topological polar surface area (TPSA) is 68.4 Å². The molecule has 1 saturated heterocycles. The third-order valence-corrected chi connectivity index (χ3v) is 8.66. The predicted molar refractivity (Wildman–Crippen MR) is 125 cm³/mol. The fraction of sp³-hybridized carbons (Fsp3) is 0.333. The molecule has 31 heavy (non-hydrogen) atoms. The van der Waals surface area contributed by atoms with Gasteiger partial charge < -0.3 is 4.74 Å². The van der Waals surface area contributed by atoms with Crippen molar-refractivity contribution in [3.8, 4) is 0 Å². The van der Waals surface area contributed by atoms with Crippen LogP contribution in [0.5, 0.6) is 0 Å². The first-order valence-corrected chi connectivity index (χ1v) is 12.6. The van der Waals surface area contributed by atoms with Crippen molar-refractivity contribution < 1.29 is 4.74 Å². The summed E-state index contributed by atoms with van der Waals surface area (Å²) in [5.41, 5.74) is 2.38. The van der Waals surface area contributed by atoms with Crippen molar-refractivity contribution in [2.45, 2.75) is 30.6 Å². The summed E-state index contributed by atoms with van der Waals surface area (Å²) in [6, 6.07) is 8.35. The molecule has 6 rings (SSSR count). The Kier molecular flexibility index (Phi) is 4.91. The van der Waals surface area contributed by atoms with E-state index in [1.165, 1.54) is 15.1 Å². The molecule has 158 valence electrons. The number of hydrogen-bond acceptors (Lipinski definition) is 9. The van der Waals surface area contributed by atoms with Crippen LogP contribution in [-0.2, 0) is 11.3 Å². The van der Waals surface area contributed by atoms with E-state index in [0.29, 0.717) is 0 Å². The van der Waals surface area contributed by atoms with Crippen LogP contribution in [-0.4, -0.2) is 55.8 Å². The van der Waals surface area contributed by atoms with Crippen LogP contribution >= 0.6 is 34.4 Å².